The van der Waals surface area contributed by atoms with Gasteiger partial charge in [-0.1, -0.05) is 42.3 Å². The Morgan fingerprint density at radius 1 is 1.39 bits per heavy atom. The summed E-state index contributed by atoms with van der Waals surface area (Å²) < 4.78 is 1.76. The zero-order valence-electron chi connectivity index (χ0n) is 9.98. The fraction of sp³-hybridized carbons (Fsp3) is 0.231. The highest BCUT2D eigenvalue weighted by Crippen LogP contribution is 2.24. The van der Waals surface area contributed by atoms with Crippen molar-refractivity contribution in [2.24, 2.45) is 0 Å². The number of benzene rings is 1. The van der Waals surface area contributed by atoms with Crippen molar-refractivity contribution in [3.05, 3.63) is 52.5 Å². The molecule has 1 heterocycles. The molecule has 1 aromatic carbocycles. The summed E-state index contributed by atoms with van der Waals surface area (Å²) in [5.74, 6) is 0. The highest BCUT2D eigenvalue weighted by atomic mass is 35.5. The minimum absolute atomic E-state index is 0.644. The number of hydrogen-bond acceptors (Lipinski definition) is 2. The summed E-state index contributed by atoms with van der Waals surface area (Å²) >= 11 is 12.1. The molecule has 2 aromatic rings. The summed E-state index contributed by atoms with van der Waals surface area (Å²) in [5.41, 5.74) is 2.08. The zero-order chi connectivity index (χ0) is 13.0. The molecule has 1 aromatic heterocycles. The van der Waals surface area contributed by atoms with E-state index in [9.17, 15) is 0 Å². The van der Waals surface area contributed by atoms with Gasteiger partial charge in [0.15, 0.2) is 0 Å². The lowest BCUT2D eigenvalue weighted by Gasteiger charge is -2.09. The first kappa shape index (κ1) is 13.1. The number of nitrogens with zero attached hydrogens (tertiary/aromatic N) is 3. The Labute approximate surface area is 116 Å². The largest absolute Gasteiger partial charge is 0.225 e. The van der Waals surface area contributed by atoms with Gasteiger partial charge in [0.25, 0.3) is 0 Å². The summed E-state index contributed by atoms with van der Waals surface area (Å²) in [5, 5.41) is 5.46. The summed E-state index contributed by atoms with van der Waals surface area (Å²) in [6.45, 7) is 2.08. The van der Waals surface area contributed by atoms with Crippen LogP contribution in [-0.2, 0) is 6.42 Å². The van der Waals surface area contributed by atoms with Crippen molar-refractivity contribution in [2.75, 3.05) is 0 Å². The monoisotopic (exact) mass is 281 g/mol. The van der Waals surface area contributed by atoms with E-state index in [1.54, 1.807) is 17.1 Å². The van der Waals surface area contributed by atoms with Crippen molar-refractivity contribution in [1.82, 2.24) is 14.8 Å². The molecule has 0 amide bonds. The Morgan fingerprint density at radius 2 is 2.22 bits per heavy atom. The molecule has 0 aliphatic heterocycles. The van der Waals surface area contributed by atoms with E-state index in [4.69, 9.17) is 23.2 Å². The van der Waals surface area contributed by atoms with E-state index in [1.165, 1.54) is 6.33 Å². The molecule has 2 rings (SSSR count). The fourth-order valence-electron chi connectivity index (χ4n) is 1.70. The molecule has 3 nitrogen and oxygen atoms in total. The molecule has 18 heavy (non-hydrogen) atoms. The zero-order valence-corrected chi connectivity index (χ0v) is 11.5. The predicted octanol–water partition coefficient (Wildman–Crippen LogP) is 4.08. The molecule has 0 spiro atoms. The molecule has 0 saturated heterocycles. The van der Waals surface area contributed by atoms with Gasteiger partial charge < -0.3 is 0 Å². The van der Waals surface area contributed by atoms with E-state index in [-0.39, 0.29) is 0 Å². The molecule has 0 aliphatic carbocycles. The van der Waals surface area contributed by atoms with Crippen LogP contribution in [0.4, 0.5) is 0 Å². The van der Waals surface area contributed by atoms with Crippen LogP contribution in [0.2, 0.25) is 10.0 Å². The van der Waals surface area contributed by atoms with Crippen molar-refractivity contribution in [3.8, 4) is 0 Å². The van der Waals surface area contributed by atoms with Gasteiger partial charge in [-0.05, 0) is 24.1 Å². The van der Waals surface area contributed by atoms with E-state index >= 15 is 0 Å². The van der Waals surface area contributed by atoms with Crippen LogP contribution < -0.4 is 0 Å². The van der Waals surface area contributed by atoms with Crippen molar-refractivity contribution in [1.29, 1.82) is 0 Å². The van der Waals surface area contributed by atoms with E-state index in [1.807, 2.05) is 12.1 Å². The smallest absolute Gasteiger partial charge is 0.138 e. The second kappa shape index (κ2) is 6.03. The molecule has 0 aliphatic rings. The maximum Gasteiger partial charge on any atom is 0.138 e. The lowest BCUT2D eigenvalue weighted by molar-refractivity contribution is 0.864. The molecular formula is C13H13Cl2N3. The van der Waals surface area contributed by atoms with Crippen LogP contribution in [0.25, 0.3) is 5.70 Å². The summed E-state index contributed by atoms with van der Waals surface area (Å²) in [6, 6.07) is 5.53. The fourth-order valence-corrected chi connectivity index (χ4v) is 2.17. The van der Waals surface area contributed by atoms with Crippen molar-refractivity contribution < 1.29 is 0 Å². The number of allylic oxidation sites excluding steroid dienone is 2. The van der Waals surface area contributed by atoms with Crippen LogP contribution in [0.1, 0.15) is 18.9 Å². The molecule has 0 fully saturated rings. The van der Waals surface area contributed by atoms with Gasteiger partial charge in [0.1, 0.15) is 12.7 Å². The summed E-state index contributed by atoms with van der Waals surface area (Å²) in [7, 11) is 0. The molecule has 0 saturated carbocycles. The molecule has 5 heteroatoms. The van der Waals surface area contributed by atoms with Crippen LogP contribution in [0.3, 0.4) is 0 Å². The standard InChI is InChI=1S/C13H13Cl2N3/c1-2-3-12(18-9-16-8-17-18)6-10-4-5-11(14)7-13(10)15/h3-5,7-9H,2,6H2,1H3/b12-3-. The lowest BCUT2D eigenvalue weighted by Crippen LogP contribution is -2.01. The van der Waals surface area contributed by atoms with Gasteiger partial charge in [0, 0.05) is 22.2 Å². The SMILES string of the molecule is CC/C=C(/Cc1ccc(Cl)cc1Cl)n1cncn1. The van der Waals surface area contributed by atoms with Gasteiger partial charge in [-0.25, -0.2) is 9.67 Å². The van der Waals surface area contributed by atoms with Gasteiger partial charge in [0.05, 0.1) is 0 Å². The van der Waals surface area contributed by atoms with Gasteiger partial charge in [-0.2, -0.15) is 5.10 Å². The molecule has 0 bridgehead atoms. The minimum Gasteiger partial charge on any atom is -0.225 e. The molecular weight excluding hydrogens is 269 g/mol. The molecule has 0 radical (unpaired) electrons. The first-order chi connectivity index (χ1) is 8.70. The number of rotatable bonds is 4. The number of hydrogen-bond donors (Lipinski definition) is 0. The molecule has 0 N–H and O–H groups in total. The van der Waals surface area contributed by atoms with Gasteiger partial charge in [0.2, 0.25) is 0 Å². The maximum absolute atomic E-state index is 6.18. The average Bonchev–Trinajstić information content (AvgIpc) is 2.85. The topological polar surface area (TPSA) is 30.7 Å². The van der Waals surface area contributed by atoms with Crippen molar-refractivity contribution >= 4 is 28.9 Å². The predicted molar refractivity (Wildman–Crippen MR) is 74.8 cm³/mol. The Kier molecular flexibility index (Phi) is 4.39. The first-order valence-electron chi connectivity index (χ1n) is 5.68. The molecule has 94 valence electrons. The van der Waals surface area contributed by atoms with Crippen molar-refractivity contribution in [3.63, 3.8) is 0 Å². The average molecular weight is 282 g/mol. The minimum atomic E-state index is 0.644. The van der Waals surface area contributed by atoms with E-state index in [0.29, 0.717) is 16.5 Å². The quantitative estimate of drug-likeness (QED) is 0.846. The molecule has 0 unspecified atom stereocenters. The Morgan fingerprint density at radius 3 is 2.83 bits per heavy atom. The molecule has 0 atom stereocenters. The van der Waals surface area contributed by atoms with Crippen LogP contribution in [-0.4, -0.2) is 14.8 Å². The van der Waals surface area contributed by atoms with Gasteiger partial charge in [-0.3, -0.25) is 0 Å². The maximum atomic E-state index is 6.18. The highest BCUT2D eigenvalue weighted by molar-refractivity contribution is 6.35. The number of halogens is 2. The third-order valence-corrected chi connectivity index (χ3v) is 3.13. The summed E-state index contributed by atoms with van der Waals surface area (Å²) in [4.78, 5) is 3.96. The second-order valence-electron chi connectivity index (χ2n) is 3.86. The van der Waals surface area contributed by atoms with E-state index in [2.05, 4.69) is 23.1 Å². The highest BCUT2D eigenvalue weighted by Gasteiger charge is 2.07. The van der Waals surface area contributed by atoms with Crippen molar-refractivity contribution in [2.45, 2.75) is 19.8 Å². The van der Waals surface area contributed by atoms with E-state index in [0.717, 1.165) is 17.7 Å². The Balaban J connectivity index is 2.27. The van der Waals surface area contributed by atoms with Crippen LogP contribution >= 0.6 is 23.2 Å². The number of aromatic nitrogens is 3. The van der Waals surface area contributed by atoms with Gasteiger partial charge in [-0.15, -0.1) is 0 Å². The second-order valence-corrected chi connectivity index (χ2v) is 4.70. The van der Waals surface area contributed by atoms with Crippen LogP contribution in [0, 0.1) is 0 Å². The van der Waals surface area contributed by atoms with Gasteiger partial charge >= 0.3 is 0 Å². The third kappa shape index (κ3) is 3.12. The Bertz CT molecular complexity index is 547. The normalized spacial score (nSPS) is 11.8. The Hall–Kier alpha value is -1.32. The lowest BCUT2D eigenvalue weighted by atomic mass is 10.1. The first-order valence-corrected chi connectivity index (χ1v) is 6.44. The summed E-state index contributed by atoms with van der Waals surface area (Å²) in [6.07, 6.45) is 6.95. The van der Waals surface area contributed by atoms with E-state index < -0.39 is 0 Å². The van der Waals surface area contributed by atoms with Crippen LogP contribution in [0.5, 0.6) is 0 Å². The third-order valence-electron chi connectivity index (χ3n) is 2.54. The van der Waals surface area contributed by atoms with Crippen LogP contribution in [0.15, 0.2) is 36.9 Å².